The van der Waals surface area contributed by atoms with Crippen LogP contribution >= 0.6 is 0 Å². The highest BCUT2D eigenvalue weighted by atomic mass is 16.5. The van der Waals surface area contributed by atoms with Crippen LogP contribution in [-0.4, -0.2) is 67.3 Å². The molecule has 2 aliphatic rings. The van der Waals surface area contributed by atoms with Crippen LogP contribution < -0.4 is 15.4 Å². The highest BCUT2D eigenvalue weighted by molar-refractivity contribution is 5.73. The number of aromatic nitrogens is 1. The first-order chi connectivity index (χ1) is 11.5. The minimum atomic E-state index is -0.0950. The third-order valence-corrected chi connectivity index (χ3v) is 4.90. The predicted molar refractivity (Wildman–Crippen MR) is 93.8 cm³/mol. The number of piperazine rings is 1. The van der Waals surface area contributed by atoms with Gasteiger partial charge in [0.1, 0.15) is 5.82 Å². The van der Waals surface area contributed by atoms with Crippen molar-refractivity contribution in [2.24, 2.45) is 0 Å². The lowest BCUT2D eigenvalue weighted by Crippen LogP contribution is -2.53. The molecule has 0 saturated carbocycles. The van der Waals surface area contributed by atoms with E-state index in [1.165, 1.54) is 0 Å². The Morgan fingerprint density at radius 1 is 1.17 bits per heavy atom. The van der Waals surface area contributed by atoms with Gasteiger partial charge in [-0.25, -0.2) is 0 Å². The molecular weight excluding hydrogens is 308 g/mol. The number of morpholine rings is 1. The van der Waals surface area contributed by atoms with Gasteiger partial charge >= 0.3 is 0 Å². The molecule has 132 valence electrons. The van der Waals surface area contributed by atoms with Crippen molar-refractivity contribution >= 4 is 17.4 Å². The fourth-order valence-corrected chi connectivity index (χ4v) is 3.55. The second kappa shape index (κ2) is 6.84. The molecule has 1 aromatic heterocycles. The molecule has 3 heterocycles. The number of hydrogen-bond donors (Lipinski definition) is 1. The van der Waals surface area contributed by atoms with Gasteiger partial charge in [0.25, 0.3) is 5.56 Å². The standard InChI is InChI=1S/C17H26N4O3/c1-12-10-19(14(3)22)4-5-21(12)16-8-15(9-17(23)18-16)20-6-7-24-11-13(20)2/h8-9,12-13H,4-7,10-11H2,1-3H3,(H,18,23)/t12?,13-/m1/s1. The third-order valence-electron chi connectivity index (χ3n) is 4.90. The second-order valence-corrected chi connectivity index (χ2v) is 6.71. The van der Waals surface area contributed by atoms with Crippen LogP contribution in [0.3, 0.4) is 0 Å². The number of nitrogens with zero attached hydrogens (tertiary/aromatic N) is 3. The average Bonchev–Trinajstić information content (AvgIpc) is 2.54. The molecule has 0 aromatic carbocycles. The normalized spacial score (nSPS) is 25.0. The van der Waals surface area contributed by atoms with Gasteiger partial charge in [-0.15, -0.1) is 0 Å². The van der Waals surface area contributed by atoms with E-state index in [9.17, 15) is 9.59 Å². The quantitative estimate of drug-likeness (QED) is 0.860. The molecule has 24 heavy (non-hydrogen) atoms. The van der Waals surface area contributed by atoms with E-state index < -0.39 is 0 Å². The van der Waals surface area contributed by atoms with E-state index in [2.05, 4.69) is 28.6 Å². The smallest absolute Gasteiger partial charge is 0.251 e. The summed E-state index contributed by atoms with van der Waals surface area (Å²) in [6.07, 6.45) is 0. The maximum Gasteiger partial charge on any atom is 0.251 e. The highest BCUT2D eigenvalue weighted by Gasteiger charge is 2.27. The van der Waals surface area contributed by atoms with E-state index in [-0.39, 0.29) is 23.6 Å². The SMILES string of the molecule is CC(=O)N1CCN(c2cc(N3CCOC[C@H]3C)cc(=O)[nH]2)C(C)C1. The lowest BCUT2D eigenvalue weighted by molar-refractivity contribution is -0.129. The predicted octanol–water partition coefficient (Wildman–Crippen LogP) is 0.657. The number of anilines is 2. The monoisotopic (exact) mass is 334 g/mol. The maximum absolute atomic E-state index is 12.2. The zero-order valence-electron chi connectivity index (χ0n) is 14.6. The van der Waals surface area contributed by atoms with E-state index in [1.54, 1.807) is 13.0 Å². The molecule has 1 aromatic rings. The van der Waals surface area contributed by atoms with Crippen molar-refractivity contribution in [3.8, 4) is 0 Å². The number of carbonyl (C=O) groups excluding carboxylic acids is 1. The molecule has 0 spiro atoms. The van der Waals surface area contributed by atoms with Crippen LogP contribution in [0, 0.1) is 0 Å². The van der Waals surface area contributed by atoms with Crippen molar-refractivity contribution in [3.05, 3.63) is 22.5 Å². The summed E-state index contributed by atoms with van der Waals surface area (Å²) in [6, 6.07) is 4.11. The van der Waals surface area contributed by atoms with E-state index in [0.717, 1.165) is 24.6 Å². The fourth-order valence-electron chi connectivity index (χ4n) is 3.55. The molecule has 3 rings (SSSR count). The number of nitrogens with one attached hydrogen (secondary N) is 1. The van der Waals surface area contributed by atoms with Gasteiger partial charge in [0.2, 0.25) is 5.91 Å². The molecule has 0 radical (unpaired) electrons. The van der Waals surface area contributed by atoms with Gasteiger partial charge in [-0.2, -0.15) is 0 Å². The summed E-state index contributed by atoms with van der Waals surface area (Å²) in [6.45, 7) is 10.0. The number of H-pyrrole nitrogens is 1. The molecular formula is C17H26N4O3. The van der Waals surface area contributed by atoms with Crippen LogP contribution in [0.25, 0.3) is 0 Å². The number of pyridine rings is 1. The number of ether oxygens (including phenoxy) is 1. The van der Waals surface area contributed by atoms with Crippen molar-refractivity contribution < 1.29 is 9.53 Å². The summed E-state index contributed by atoms with van der Waals surface area (Å²) in [4.78, 5) is 33.0. The molecule has 1 amide bonds. The zero-order valence-corrected chi connectivity index (χ0v) is 14.6. The lowest BCUT2D eigenvalue weighted by atomic mass is 10.1. The minimum Gasteiger partial charge on any atom is -0.377 e. The topological polar surface area (TPSA) is 68.9 Å². The summed E-state index contributed by atoms with van der Waals surface area (Å²) in [5.74, 6) is 0.928. The van der Waals surface area contributed by atoms with E-state index in [4.69, 9.17) is 4.74 Å². The summed E-state index contributed by atoms with van der Waals surface area (Å²) < 4.78 is 5.49. The molecule has 2 atom stereocenters. The largest absolute Gasteiger partial charge is 0.377 e. The molecule has 2 aliphatic heterocycles. The minimum absolute atomic E-state index is 0.0950. The first-order valence-corrected chi connectivity index (χ1v) is 8.56. The van der Waals surface area contributed by atoms with Gasteiger partial charge in [0.05, 0.1) is 13.2 Å². The Bertz CT molecular complexity index is 659. The number of rotatable bonds is 2. The van der Waals surface area contributed by atoms with Gasteiger partial charge in [0, 0.05) is 63.0 Å². The molecule has 0 aliphatic carbocycles. The van der Waals surface area contributed by atoms with E-state index in [0.29, 0.717) is 26.3 Å². The van der Waals surface area contributed by atoms with Crippen molar-refractivity contribution in [3.63, 3.8) is 0 Å². The Kier molecular flexibility index (Phi) is 4.80. The van der Waals surface area contributed by atoms with Gasteiger partial charge in [-0.1, -0.05) is 0 Å². The van der Waals surface area contributed by atoms with Crippen molar-refractivity contribution in [2.45, 2.75) is 32.9 Å². The highest BCUT2D eigenvalue weighted by Crippen LogP contribution is 2.24. The number of amides is 1. The molecule has 1 unspecified atom stereocenters. The van der Waals surface area contributed by atoms with Gasteiger partial charge in [-0.3, -0.25) is 9.59 Å². The van der Waals surface area contributed by atoms with E-state index in [1.807, 2.05) is 11.0 Å². The summed E-state index contributed by atoms with van der Waals surface area (Å²) in [5, 5.41) is 0. The molecule has 7 heteroatoms. The summed E-state index contributed by atoms with van der Waals surface area (Å²) in [5.41, 5.74) is 0.841. The Morgan fingerprint density at radius 3 is 2.62 bits per heavy atom. The first-order valence-electron chi connectivity index (χ1n) is 8.56. The van der Waals surface area contributed by atoms with Crippen molar-refractivity contribution in [1.29, 1.82) is 0 Å². The molecule has 1 N–H and O–H groups in total. The number of carbonyl (C=O) groups is 1. The van der Waals surface area contributed by atoms with Gasteiger partial charge < -0.3 is 24.4 Å². The zero-order chi connectivity index (χ0) is 17.3. The third kappa shape index (κ3) is 3.40. The molecule has 2 saturated heterocycles. The Hall–Kier alpha value is -2.02. The van der Waals surface area contributed by atoms with Crippen LogP contribution in [0.4, 0.5) is 11.5 Å². The first kappa shape index (κ1) is 16.8. The molecule has 0 bridgehead atoms. The van der Waals surface area contributed by atoms with Crippen LogP contribution in [-0.2, 0) is 9.53 Å². The van der Waals surface area contributed by atoms with Gasteiger partial charge in [-0.05, 0) is 13.8 Å². The average molecular weight is 334 g/mol. The Morgan fingerprint density at radius 2 is 1.96 bits per heavy atom. The summed E-state index contributed by atoms with van der Waals surface area (Å²) >= 11 is 0. The maximum atomic E-state index is 12.2. The number of hydrogen-bond acceptors (Lipinski definition) is 5. The van der Waals surface area contributed by atoms with Gasteiger partial charge in [0.15, 0.2) is 0 Å². The Balaban J connectivity index is 1.84. The fraction of sp³-hybridized carbons (Fsp3) is 0.647. The Labute approximate surface area is 142 Å². The number of aromatic amines is 1. The van der Waals surface area contributed by atoms with E-state index >= 15 is 0 Å². The molecule has 2 fully saturated rings. The van der Waals surface area contributed by atoms with Crippen LogP contribution in [0.5, 0.6) is 0 Å². The lowest BCUT2D eigenvalue weighted by Gasteiger charge is -2.41. The van der Waals surface area contributed by atoms with Crippen LogP contribution in [0.15, 0.2) is 16.9 Å². The van der Waals surface area contributed by atoms with Crippen molar-refractivity contribution in [1.82, 2.24) is 9.88 Å². The van der Waals surface area contributed by atoms with Crippen LogP contribution in [0.2, 0.25) is 0 Å². The second-order valence-electron chi connectivity index (χ2n) is 6.71. The van der Waals surface area contributed by atoms with Crippen LogP contribution in [0.1, 0.15) is 20.8 Å². The summed E-state index contributed by atoms with van der Waals surface area (Å²) in [7, 11) is 0. The van der Waals surface area contributed by atoms with Crippen molar-refractivity contribution in [2.75, 3.05) is 49.2 Å². The molecule has 7 nitrogen and oxygen atoms in total.